The third-order valence-corrected chi connectivity index (χ3v) is 3.78. The first kappa shape index (κ1) is 13.2. The molecule has 2 heterocycles. The standard InChI is InChI=1S/C13H22N4O/c1-5-10-11(6-2)15-16-12(14-10)17-7-13(18,8-17)9(3)4/h9,18H,5-8H2,1-4H3. The molecule has 0 bridgehead atoms. The number of aliphatic hydroxyl groups is 1. The number of anilines is 1. The lowest BCUT2D eigenvalue weighted by Gasteiger charge is -2.48. The van der Waals surface area contributed by atoms with Gasteiger partial charge >= 0.3 is 0 Å². The Morgan fingerprint density at radius 2 is 1.78 bits per heavy atom. The van der Waals surface area contributed by atoms with Crippen molar-refractivity contribution in [1.29, 1.82) is 0 Å². The van der Waals surface area contributed by atoms with Crippen LogP contribution in [-0.2, 0) is 12.8 Å². The summed E-state index contributed by atoms with van der Waals surface area (Å²) < 4.78 is 0. The highest BCUT2D eigenvalue weighted by Crippen LogP contribution is 2.30. The predicted octanol–water partition coefficient (Wildman–Crippen LogP) is 1.20. The van der Waals surface area contributed by atoms with Crippen molar-refractivity contribution in [3.8, 4) is 0 Å². The highest BCUT2D eigenvalue weighted by molar-refractivity contribution is 5.37. The molecule has 1 aromatic heterocycles. The molecule has 0 saturated carbocycles. The van der Waals surface area contributed by atoms with Gasteiger partial charge in [-0.3, -0.25) is 0 Å². The Labute approximate surface area is 108 Å². The van der Waals surface area contributed by atoms with Crippen LogP contribution in [0.1, 0.15) is 39.1 Å². The highest BCUT2D eigenvalue weighted by Gasteiger charge is 2.45. The summed E-state index contributed by atoms with van der Waals surface area (Å²) in [6.45, 7) is 9.41. The minimum atomic E-state index is -0.598. The molecule has 1 saturated heterocycles. The minimum Gasteiger partial charge on any atom is -0.386 e. The number of aryl methyl sites for hydroxylation is 2. The maximum Gasteiger partial charge on any atom is 0.245 e. The molecule has 1 aliphatic heterocycles. The lowest BCUT2D eigenvalue weighted by molar-refractivity contribution is -0.0309. The van der Waals surface area contributed by atoms with Gasteiger partial charge in [0.1, 0.15) is 5.60 Å². The second kappa shape index (κ2) is 4.80. The van der Waals surface area contributed by atoms with Gasteiger partial charge in [-0.15, -0.1) is 5.10 Å². The molecule has 2 rings (SSSR count). The smallest absolute Gasteiger partial charge is 0.245 e. The van der Waals surface area contributed by atoms with E-state index in [1.165, 1.54) is 0 Å². The summed E-state index contributed by atoms with van der Waals surface area (Å²) in [5.41, 5.74) is 1.39. The van der Waals surface area contributed by atoms with Crippen molar-refractivity contribution >= 4 is 5.95 Å². The molecule has 5 heteroatoms. The van der Waals surface area contributed by atoms with E-state index in [9.17, 15) is 5.11 Å². The van der Waals surface area contributed by atoms with Crippen LogP contribution in [-0.4, -0.2) is 39.0 Å². The predicted molar refractivity (Wildman–Crippen MR) is 70.6 cm³/mol. The van der Waals surface area contributed by atoms with E-state index >= 15 is 0 Å². The molecule has 0 aromatic carbocycles. The van der Waals surface area contributed by atoms with Gasteiger partial charge in [0.2, 0.25) is 5.95 Å². The van der Waals surface area contributed by atoms with Gasteiger partial charge in [-0.1, -0.05) is 27.7 Å². The average molecular weight is 250 g/mol. The highest BCUT2D eigenvalue weighted by atomic mass is 16.3. The molecule has 1 N–H and O–H groups in total. The Balaban J connectivity index is 2.13. The van der Waals surface area contributed by atoms with Gasteiger partial charge in [0.25, 0.3) is 0 Å². The summed E-state index contributed by atoms with van der Waals surface area (Å²) >= 11 is 0. The molecule has 0 spiro atoms. The van der Waals surface area contributed by atoms with Gasteiger partial charge in [0.15, 0.2) is 0 Å². The minimum absolute atomic E-state index is 0.252. The van der Waals surface area contributed by atoms with Gasteiger partial charge < -0.3 is 10.0 Å². The molecular weight excluding hydrogens is 228 g/mol. The number of nitrogens with zero attached hydrogens (tertiary/aromatic N) is 4. The number of rotatable bonds is 4. The zero-order valence-electron chi connectivity index (χ0n) is 11.6. The molecule has 0 atom stereocenters. The van der Waals surface area contributed by atoms with Crippen LogP contribution >= 0.6 is 0 Å². The molecule has 5 nitrogen and oxygen atoms in total. The fourth-order valence-electron chi connectivity index (χ4n) is 2.18. The first-order chi connectivity index (χ1) is 8.50. The van der Waals surface area contributed by atoms with Crippen molar-refractivity contribution in [3.63, 3.8) is 0 Å². The van der Waals surface area contributed by atoms with Gasteiger partial charge in [-0.25, -0.2) is 4.98 Å². The fourth-order valence-corrected chi connectivity index (χ4v) is 2.18. The van der Waals surface area contributed by atoms with Crippen LogP contribution in [0.15, 0.2) is 0 Å². The third kappa shape index (κ3) is 2.19. The van der Waals surface area contributed by atoms with Crippen LogP contribution in [0.5, 0.6) is 0 Å². The van der Waals surface area contributed by atoms with Crippen molar-refractivity contribution in [3.05, 3.63) is 11.4 Å². The number of hydrogen-bond acceptors (Lipinski definition) is 5. The molecule has 0 aliphatic carbocycles. The summed E-state index contributed by atoms with van der Waals surface area (Å²) in [7, 11) is 0. The monoisotopic (exact) mass is 250 g/mol. The Morgan fingerprint density at radius 1 is 1.17 bits per heavy atom. The summed E-state index contributed by atoms with van der Waals surface area (Å²) in [6.07, 6.45) is 1.73. The summed E-state index contributed by atoms with van der Waals surface area (Å²) in [5.74, 6) is 0.900. The molecule has 0 radical (unpaired) electrons. The van der Waals surface area contributed by atoms with Gasteiger partial charge in [0.05, 0.1) is 24.5 Å². The van der Waals surface area contributed by atoms with Crippen molar-refractivity contribution < 1.29 is 5.11 Å². The Kier molecular flexibility index (Phi) is 3.52. The molecule has 1 aliphatic rings. The van der Waals surface area contributed by atoms with Crippen LogP contribution in [0.3, 0.4) is 0 Å². The quantitative estimate of drug-likeness (QED) is 0.870. The third-order valence-electron chi connectivity index (χ3n) is 3.78. The van der Waals surface area contributed by atoms with Crippen LogP contribution in [0.25, 0.3) is 0 Å². The van der Waals surface area contributed by atoms with Gasteiger partial charge in [0, 0.05) is 0 Å². The maximum atomic E-state index is 10.2. The van der Waals surface area contributed by atoms with Crippen molar-refractivity contribution in [2.75, 3.05) is 18.0 Å². The van der Waals surface area contributed by atoms with E-state index in [-0.39, 0.29) is 5.92 Å². The molecule has 1 fully saturated rings. The SMILES string of the molecule is CCc1nnc(N2CC(O)(C(C)C)C2)nc1CC. The van der Waals surface area contributed by atoms with Crippen LogP contribution < -0.4 is 4.90 Å². The molecule has 0 amide bonds. The zero-order valence-corrected chi connectivity index (χ0v) is 11.6. The van der Waals surface area contributed by atoms with Crippen molar-refractivity contribution in [1.82, 2.24) is 15.2 Å². The molecule has 0 unspecified atom stereocenters. The van der Waals surface area contributed by atoms with E-state index < -0.39 is 5.60 Å². The molecule has 1 aromatic rings. The summed E-state index contributed by atoms with van der Waals surface area (Å²) in [4.78, 5) is 6.54. The number of hydrogen-bond donors (Lipinski definition) is 1. The topological polar surface area (TPSA) is 62.1 Å². The second-order valence-corrected chi connectivity index (χ2v) is 5.33. The van der Waals surface area contributed by atoms with Crippen molar-refractivity contribution in [2.24, 2.45) is 5.92 Å². The number of aromatic nitrogens is 3. The fraction of sp³-hybridized carbons (Fsp3) is 0.769. The van der Waals surface area contributed by atoms with E-state index in [0.29, 0.717) is 19.0 Å². The van der Waals surface area contributed by atoms with E-state index in [1.54, 1.807) is 0 Å². The second-order valence-electron chi connectivity index (χ2n) is 5.33. The lowest BCUT2D eigenvalue weighted by Crippen LogP contribution is -2.65. The Hall–Kier alpha value is -1.23. The first-order valence-corrected chi connectivity index (χ1v) is 6.70. The Bertz CT molecular complexity index is 427. The van der Waals surface area contributed by atoms with Crippen LogP contribution in [0.2, 0.25) is 0 Å². The first-order valence-electron chi connectivity index (χ1n) is 6.70. The van der Waals surface area contributed by atoms with E-state index in [4.69, 9.17) is 0 Å². The molecule has 18 heavy (non-hydrogen) atoms. The largest absolute Gasteiger partial charge is 0.386 e. The lowest BCUT2D eigenvalue weighted by atomic mass is 9.83. The van der Waals surface area contributed by atoms with E-state index in [0.717, 1.165) is 24.2 Å². The van der Waals surface area contributed by atoms with Crippen molar-refractivity contribution in [2.45, 2.75) is 46.1 Å². The van der Waals surface area contributed by atoms with Gasteiger partial charge in [-0.05, 0) is 18.8 Å². The summed E-state index contributed by atoms with van der Waals surface area (Å²) in [6, 6.07) is 0. The maximum absolute atomic E-state index is 10.2. The number of β-amino-alcohol motifs (C(OH)–C–C–N with tert-alkyl or cyclic N) is 1. The van der Waals surface area contributed by atoms with Gasteiger partial charge in [-0.2, -0.15) is 5.10 Å². The van der Waals surface area contributed by atoms with E-state index in [2.05, 4.69) is 29.0 Å². The van der Waals surface area contributed by atoms with E-state index in [1.807, 2.05) is 18.7 Å². The average Bonchev–Trinajstić information content (AvgIpc) is 2.33. The van der Waals surface area contributed by atoms with Crippen LogP contribution in [0, 0.1) is 5.92 Å². The Morgan fingerprint density at radius 3 is 2.28 bits per heavy atom. The summed E-state index contributed by atoms with van der Waals surface area (Å²) in [5, 5.41) is 18.6. The normalized spacial score (nSPS) is 18.0. The molecule has 100 valence electrons. The van der Waals surface area contributed by atoms with Crippen LogP contribution in [0.4, 0.5) is 5.95 Å². The molecular formula is C13H22N4O. The zero-order chi connectivity index (χ0) is 13.3.